The highest BCUT2D eigenvalue weighted by molar-refractivity contribution is 5.93. The standard InChI is InChI=1S/C22H24N2O5/c1-14-10-16-18(25)12-21(29-20(16)11-15(14)2)22(26)23-13-17(19-4-3-7-28-19)24-5-8-27-9-6-24/h3-4,7,10-12,17H,5-6,8-9,13H2,1-2H3,(H,23,26)/t17-/m0/s1. The van der Waals surface area contributed by atoms with Crippen LogP contribution in [0.5, 0.6) is 0 Å². The molecule has 0 radical (unpaired) electrons. The molecule has 0 aliphatic carbocycles. The van der Waals surface area contributed by atoms with Crippen LogP contribution >= 0.6 is 0 Å². The van der Waals surface area contributed by atoms with Crippen molar-refractivity contribution in [3.63, 3.8) is 0 Å². The van der Waals surface area contributed by atoms with E-state index in [1.807, 2.05) is 26.0 Å². The van der Waals surface area contributed by atoms with Crippen molar-refractivity contribution in [2.75, 3.05) is 32.8 Å². The molecule has 1 fully saturated rings. The summed E-state index contributed by atoms with van der Waals surface area (Å²) in [6, 6.07) is 8.45. The van der Waals surface area contributed by atoms with E-state index in [0.29, 0.717) is 30.7 Å². The topological polar surface area (TPSA) is 84.9 Å². The second kappa shape index (κ2) is 8.23. The molecule has 1 amide bonds. The quantitative estimate of drug-likeness (QED) is 0.714. The normalized spacial score (nSPS) is 16.1. The molecule has 1 aliphatic rings. The summed E-state index contributed by atoms with van der Waals surface area (Å²) in [4.78, 5) is 27.4. The molecule has 1 aromatic carbocycles. The number of hydrogen-bond donors (Lipinski definition) is 1. The van der Waals surface area contributed by atoms with Gasteiger partial charge in [-0.05, 0) is 49.2 Å². The molecular weight excluding hydrogens is 372 g/mol. The number of hydrogen-bond acceptors (Lipinski definition) is 6. The van der Waals surface area contributed by atoms with Gasteiger partial charge in [0.1, 0.15) is 11.3 Å². The van der Waals surface area contributed by atoms with E-state index < -0.39 is 5.91 Å². The Morgan fingerprint density at radius 2 is 1.93 bits per heavy atom. The molecule has 3 heterocycles. The van der Waals surface area contributed by atoms with E-state index in [-0.39, 0.29) is 17.2 Å². The van der Waals surface area contributed by atoms with Crippen molar-refractivity contribution >= 4 is 16.9 Å². The third-order valence-electron chi connectivity index (χ3n) is 5.38. The zero-order valence-corrected chi connectivity index (χ0v) is 16.6. The first-order valence-corrected chi connectivity index (χ1v) is 9.71. The lowest BCUT2D eigenvalue weighted by Gasteiger charge is -2.33. The molecule has 4 rings (SSSR count). The van der Waals surface area contributed by atoms with Gasteiger partial charge in [-0.15, -0.1) is 0 Å². The molecule has 0 bridgehead atoms. The lowest BCUT2D eigenvalue weighted by molar-refractivity contribution is 0.0117. The van der Waals surface area contributed by atoms with Gasteiger partial charge < -0.3 is 18.9 Å². The van der Waals surface area contributed by atoms with Gasteiger partial charge in [-0.3, -0.25) is 14.5 Å². The average Bonchev–Trinajstić information content (AvgIpc) is 3.25. The fourth-order valence-corrected chi connectivity index (χ4v) is 3.58. The number of amides is 1. The van der Waals surface area contributed by atoms with E-state index in [2.05, 4.69) is 10.2 Å². The molecule has 3 aromatic rings. The lowest BCUT2D eigenvalue weighted by atomic mass is 10.1. The van der Waals surface area contributed by atoms with E-state index in [9.17, 15) is 9.59 Å². The van der Waals surface area contributed by atoms with Crippen molar-refractivity contribution in [3.05, 3.63) is 69.5 Å². The molecule has 7 nitrogen and oxygen atoms in total. The fourth-order valence-electron chi connectivity index (χ4n) is 3.58. The van der Waals surface area contributed by atoms with Crippen molar-refractivity contribution in [3.8, 4) is 0 Å². The van der Waals surface area contributed by atoms with Crippen LogP contribution in [-0.4, -0.2) is 43.7 Å². The number of benzene rings is 1. The van der Waals surface area contributed by atoms with Crippen LogP contribution < -0.4 is 10.7 Å². The maximum Gasteiger partial charge on any atom is 0.287 e. The van der Waals surface area contributed by atoms with E-state index in [4.69, 9.17) is 13.6 Å². The summed E-state index contributed by atoms with van der Waals surface area (Å²) >= 11 is 0. The summed E-state index contributed by atoms with van der Waals surface area (Å²) in [7, 11) is 0. The highest BCUT2D eigenvalue weighted by Crippen LogP contribution is 2.22. The molecule has 2 aromatic heterocycles. The zero-order chi connectivity index (χ0) is 20.4. The molecule has 0 spiro atoms. The number of rotatable bonds is 5. The van der Waals surface area contributed by atoms with Gasteiger partial charge in [-0.25, -0.2) is 0 Å². The molecular formula is C22H24N2O5. The fraction of sp³-hybridized carbons (Fsp3) is 0.364. The van der Waals surface area contributed by atoms with Gasteiger partial charge in [0.2, 0.25) is 0 Å². The summed E-state index contributed by atoms with van der Waals surface area (Å²) in [6.07, 6.45) is 1.62. The Balaban J connectivity index is 1.55. The molecule has 0 saturated carbocycles. The Kier molecular flexibility index (Phi) is 5.51. The average molecular weight is 396 g/mol. The predicted octanol–water partition coefficient (Wildman–Crippen LogP) is 2.81. The smallest absolute Gasteiger partial charge is 0.287 e. The number of morpholine rings is 1. The van der Waals surface area contributed by atoms with Crippen molar-refractivity contribution in [2.24, 2.45) is 0 Å². The van der Waals surface area contributed by atoms with Gasteiger partial charge in [0, 0.05) is 25.7 Å². The van der Waals surface area contributed by atoms with Crippen molar-refractivity contribution in [2.45, 2.75) is 19.9 Å². The third-order valence-corrected chi connectivity index (χ3v) is 5.38. The van der Waals surface area contributed by atoms with Crippen LogP contribution in [0.2, 0.25) is 0 Å². The SMILES string of the molecule is Cc1cc2oc(C(=O)NC[C@@H](c3ccco3)N3CCOCC3)cc(=O)c2cc1C. The Hall–Kier alpha value is -2.90. The maximum absolute atomic E-state index is 12.7. The first-order valence-electron chi connectivity index (χ1n) is 9.71. The number of ether oxygens (including phenoxy) is 1. The second-order valence-corrected chi connectivity index (χ2v) is 7.30. The van der Waals surface area contributed by atoms with Gasteiger partial charge in [0.25, 0.3) is 5.91 Å². The number of fused-ring (bicyclic) bond motifs is 1. The minimum Gasteiger partial charge on any atom is -0.468 e. The summed E-state index contributed by atoms with van der Waals surface area (Å²) in [6.45, 7) is 7.01. The van der Waals surface area contributed by atoms with Crippen LogP contribution in [-0.2, 0) is 4.74 Å². The Morgan fingerprint density at radius 3 is 2.66 bits per heavy atom. The van der Waals surface area contributed by atoms with Crippen LogP contribution in [0.1, 0.15) is 33.5 Å². The molecule has 1 N–H and O–H groups in total. The number of nitrogens with zero attached hydrogens (tertiary/aromatic N) is 1. The van der Waals surface area contributed by atoms with Crippen LogP contribution in [0.15, 0.2) is 50.2 Å². The lowest BCUT2D eigenvalue weighted by Crippen LogP contribution is -2.43. The molecule has 1 aliphatic heterocycles. The molecule has 1 saturated heterocycles. The minimum atomic E-state index is -0.424. The number of carbonyl (C=O) groups excluding carboxylic acids is 1. The van der Waals surface area contributed by atoms with Crippen molar-refractivity contribution < 1.29 is 18.4 Å². The molecule has 0 unspecified atom stereocenters. The van der Waals surface area contributed by atoms with E-state index in [0.717, 1.165) is 30.0 Å². The largest absolute Gasteiger partial charge is 0.468 e. The van der Waals surface area contributed by atoms with Gasteiger partial charge in [0.05, 0.1) is 30.9 Å². The Bertz CT molecular complexity index is 1060. The van der Waals surface area contributed by atoms with Gasteiger partial charge in [0.15, 0.2) is 11.2 Å². The van der Waals surface area contributed by atoms with Crippen molar-refractivity contribution in [1.29, 1.82) is 0 Å². The number of furan rings is 1. The summed E-state index contributed by atoms with van der Waals surface area (Å²) in [5.41, 5.74) is 2.20. The predicted molar refractivity (Wildman–Crippen MR) is 108 cm³/mol. The summed E-state index contributed by atoms with van der Waals surface area (Å²) in [5, 5.41) is 3.37. The van der Waals surface area contributed by atoms with Gasteiger partial charge in [-0.1, -0.05) is 0 Å². The highest BCUT2D eigenvalue weighted by atomic mass is 16.5. The molecule has 7 heteroatoms. The second-order valence-electron chi connectivity index (χ2n) is 7.30. The van der Waals surface area contributed by atoms with Crippen LogP contribution in [0.3, 0.4) is 0 Å². The molecule has 152 valence electrons. The van der Waals surface area contributed by atoms with Crippen molar-refractivity contribution in [1.82, 2.24) is 10.2 Å². The highest BCUT2D eigenvalue weighted by Gasteiger charge is 2.26. The van der Waals surface area contributed by atoms with Crippen LogP contribution in [0.25, 0.3) is 11.0 Å². The Morgan fingerprint density at radius 1 is 1.17 bits per heavy atom. The summed E-state index contributed by atoms with van der Waals surface area (Å²) in [5.74, 6) is 0.358. The van der Waals surface area contributed by atoms with E-state index >= 15 is 0 Å². The van der Waals surface area contributed by atoms with E-state index in [1.165, 1.54) is 6.07 Å². The zero-order valence-electron chi connectivity index (χ0n) is 16.6. The van der Waals surface area contributed by atoms with Gasteiger partial charge in [-0.2, -0.15) is 0 Å². The Labute approximate surface area is 168 Å². The number of nitrogens with one attached hydrogen (secondary N) is 1. The minimum absolute atomic E-state index is 0.00549. The van der Waals surface area contributed by atoms with Crippen LogP contribution in [0.4, 0.5) is 0 Å². The first-order chi connectivity index (χ1) is 14.0. The number of carbonyl (C=O) groups is 1. The van der Waals surface area contributed by atoms with Gasteiger partial charge >= 0.3 is 0 Å². The van der Waals surface area contributed by atoms with Crippen LogP contribution in [0, 0.1) is 13.8 Å². The van der Waals surface area contributed by atoms with E-state index in [1.54, 1.807) is 18.4 Å². The first kappa shape index (κ1) is 19.4. The maximum atomic E-state index is 12.7. The molecule has 1 atom stereocenters. The summed E-state index contributed by atoms with van der Waals surface area (Å²) < 4.78 is 16.7. The molecule has 29 heavy (non-hydrogen) atoms. The number of aryl methyl sites for hydroxylation is 2. The third kappa shape index (κ3) is 4.11. The monoisotopic (exact) mass is 396 g/mol.